The number of hydrogen-bond donors (Lipinski definition) is 3. The van der Waals surface area contributed by atoms with Gasteiger partial charge in [0.1, 0.15) is 5.82 Å². The number of rotatable bonds is 4. The molecule has 8 heteroatoms. The van der Waals surface area contributed by atoms with Crippen LogP contribution >= 0.6 is 11.6 Å². The normalized spacial score (nSPS) is 26.9. The van der Waals surface area contributed by atoms with Gasteiger partial charge in [-0.25, -0.2) is 4.39 Å². The monoisotopic (exact) mass is 355 g/mol. The van der Waals surface area contributed by atoms with E-state index in [1.807, 2.05) is 0 Å². The molecule has 3 rings (SSSR count). The number of aliphatic hydroxyl groups is 1. The molecule has 130 valence electrons. The van der Waals surface area contributed by atoms with E-state index in [-0.39, 0.29) is 24.0 Å². The predicted octanol–water partition coefficient (Wildman–Crippen LogP) is 0.421. The van der Waals surface area contributed by atoms with E-state index in [1.165, 1.54) is 12.1 Å². The minimum atomic E-state index is -2.06. The molecular weight excluding hydrogens is 337 g/mol. The summed E-state index contributed by atoms with van der Waals surface area (Å²) in [6, 6.07) is 3.93. The summed E-state index contributed by atoms with van der Waals surface area (Å²) < 4.78 is 13.3. The number of carbonyl (C=O) groups is 2. The maximum absolute atomic E-state index is 13.3. The number of carbonyl (C=O) groups excluding carboxylic acids is 2. The molecule has 1 aromatic rings. The lowest BCUT2D eigenvalue weighted by atomic mass is 10.0. The molecule has 2 heterocycles. The molecule has 0 aliphatic carbocycles. The van der Waals surface area contributed by atoms with Crippen molar-refractivity contribution in [1.82, 2.24) is 15.5 Å². The quantitative estimate of drug-likeness (QED) is 0.684. The molecule has 3 N–H and O–H groups in total. The second-order valence-electron chi connectivity index (χ2n) is 6.22. The smallest absolute Gasteiger partial charge is 0.264 e. The van der Waals surface area contributed by atoms with Crippen LogP contribution in [-0.2, 0) is 16.1 Å². The van der Waals surface area contributed by atoms with Crippen molar-refractivity contribution in [3.63, 3.8) is 0 Å². The molecule has 0 radical (unpaired) electrons. The van der Waals surface area contributed by atoms with Gasteiger partial charge in [0.2, 0.25) is 5.60 Å². The Morgan fingerprint density at radius 2 is 2.29 bits per heavy atom. The molecular formula is C16H19ClFN3O3. The Labute approximate surface area is 144 Å². The molecule has 2 atom stereocenters. The van der Waals surface area contributed by atoms with Gasteiger partial charge in [-0.05, 0) is 36.7 Å². The number of halogens is 2. The van der Waals surface area contributed by atoms with Crippen molar-refractivity contribution in [3.05, 3.63) is 34.6 Å². The van der Waals surface area contributed by atoms with Gasteiger partial charge in [0, 0.05) is 37.1 Å². The van der Waals surface area contributed by atoms with Crippen LogP contribution in [0.15, 0.2) is 18.2 Å². The molecule has 0 aromatic heterocycles. The van der Waals surface area contributed by atoms with Crippen molar-refractivity contribution in [1.29, 1.82) is 0 Å². The van der Waals surface area contributed by atoms with E-state index in [1.54, 1.807) is 4.90 Å². The van der Waals surface area contributed by atoms with Crippen LogP contribution < -0.4 is 10.6 Å². The van der Waals surface area contributed by atoms with Crippen LogP contribution in [0.1, 0.15) is 18.4 Å². The Hall–Kier alpha value is -1.70. The molecule has 2 aliphatic rings. The second-order valence-corrected chi connectivity index (χ2v) is 6.65. The molecule has 24 heavy (non-hydrogen) atoms. The zero-order valence-electron chi connectivity index (χ0n) is 13.0. The Kier molecular flexibility index (Phi) is 4.76. The Morgan fingerprint density at radius 3 is 2.96 bits per heavy atom. The van der Waals surface area contributed by atoms with Gasteiger partial charge in [-0.15, -0.1) is 0 Å². The summed E-state index contributed by atoms with van der Waals surface area (Å²) in [5.41, 5.74) is -1.60. The fourth-order valence-corrected chi connectivity index (χ4v) is 3.48. The van der Waals surface area contributed by atoms with Crippen molar-refractivity contribution in [3.8, 4) is 0 Å². The van der Waals surface area contributed by atoms with Crippen molar-refractivity contribution in [2.75, 3.05) is 19.6 Å². The molecule has 2 saturated heterocycles. The predicted molar refractivity (Wildman–Crippen MR) is 85.8 cm³/mol. The van der Waals surface area contributed by atoms with Crippen LogP contribution in [0, 0.1) is 5.82 Å². The number of likely N-dealkylation sites (tertiary alicyclic amines) is 1. The number of benzene rings is 1. The van der Waals surface area contributed by atoms with Gasteiger partial charge in [-0.2, -0.15) is 0 Å². The van der Waals surface area contributed by atoms with Gasteiger partial charge < -0.3 is 20.6 Å². The summed E-state index contributed by atoms with van der Waals surface area (Å²) in [5, 5.41) is 16.4. The van der Waals surface area contributed by atoms with Gasteiger partial charge in [0.05, 0.1) is 0 Å². The average Bonchev–Trinajstić information content (AvgIpc) is 3.14. The van der Waals surface area contributed by atoms with Gasteiger partial charge in [-0.3, -0.25) is 9.59 Å². The average molecular weight is 356 g/mol. The summed E-state index contributed by atoms with van der Waals surface area (Å²) >= 11 is 5.77. The lowest BCUT2D eigenvalue weighted by Crippen LogP contribution is -2.53. The van der Waals surface area contributed by atoms with Crippen molar-refractivity contribution in [2.45, 2.75) is 31.0 Å². The van der Waals surface area contributed by atoms with Crippen LogP contribution in [0.4, 0.5) is 4.39 Å². The van der Waals surface area contributed by atoms with E-state index in [0.717, 1.165) is 19.0 Å². The highest BCUT2D eigenvalue weighted by Crippen LogP contribution is 2.27. The fraction of sp³-hybridized carbons (Fsp3) is 0.500. The molecule has 0 saturated carbocycles. The van der Waals surface area contributed by atoms with Crippen LogP contribution in [0.25, 0.3) is 0 Å². The third-order valence-corrected chi connectivity index (χ3v) is 4.77. The van der Waals surface area contributed by atoms with Gasteiger partial charge in [-0.1, -0.05) is 11.6 Å². The van der Waals surface area contributed by atoms with Gasteiger partial charge >= 0.3 is 0 Å². The molecule has 1 aromatic carbocycles. The molecule has 2 fully saturated rings. The number of nitrogens with zero attached hydrogens (tertiary/aromatic N) is 1. The number of amides is 2. The summed E-state index contributed by atoms with van der Waals surface area (Å²) in [6.45, 7) is 1.82. The molecule has 6 nitrogen and oxygen atoms in total. The fourth-order valence-electron chi connectivity index (χ4n) is 3.23. The second kappa shape index (κ2) is 6.66. The van der Waals surface area contributed by atoms with E-state index < -0.39 is 23.2 Å². The van der Waals surface area contributed by atoms with E-state index in [9.17, 15) is 19.1 Å². The van der Waals surface area contributed by atoms with Gasteiger partial charge in [0.15, 0.2) is 0 Å². The summed E-state index contributed by atoms with van der Waals surface area (Å²) in [4.78, 5) is 26.4. The number of hydrogen-bond acceptors (Lipinski definition) is 4. The third kappa shape index (κ3) is 3.24. The van der Waals surface area contributed by atoms with Crippen molar-refractivity contribution in [2.24, 2.45) is 0 Å². The highest BCUT2D eigenvalue weighted by atomic mass is 35.5. The van der Waals surface area contributed by atoms with E-state index in [4.69, 9.17) is 11.6 Å². The third-order valence-electron chi connectivity index (χ3n) is 4.56. The maximum atomic E-state index is 13.3. The first kappa shape index (κ1) is 17.1. The van der Waals surface area contributed by atoms with Crippen LogP contribution in [0.5, 0.6) is 0 Å². The van der Waals surface area contributed by atoms with Crippen molar-refractivity contribution >= 4 is 23.4 Å². The Balaban J connectivity index is 1.64. The summed E-state index contributed by atoms with van der Waals surface area (Å²) in [6.07, 6.45) is 0.864. The Bertz CT molecular complexity index is 646. The lowest BCUT2D eigenvalue weighted by molar-refractivity contribution is -0.155. The van der Waals surface area contributed by atoms with Gasteiger partial charge in [0.25, 0.3) is 11.8 Å². The van der Waals surface area contributed by atoms with E-state index in [2.05, 4.69) is 10.6 Å². The molecule has 2 amide bonds. The van der Waals surface area contributed by atoms with Crippen LogP contribution in [0.3, 0.4) is 0 Å². The summed E-state index contributed by atoms with van der Waals surface area (Å²) in [7, 11) is 0. The summed E-state index contributed by atoms with van der Waals surface area (Å²) in [5.74, 6) is -1.84. The SMILES string of the molecule is O=C(NCc1cc(F)cc(Cl)c1)C1(O)CCN([C@@H]2CCNC2)C1=O. The molecule has 2 aliphatic heterocycles. The topological polar surface area (TPSA) is 81.7 Å². The number of nitrogens with one attached hydrogen (secondary N) is 2. The minimum absolute atomic E-state index is 0.0151. The van der Waals surface area contributed by atoms with Crippen molar-refractivity contribution < 1.29 is 19.1 Å². The van der Waals surface area contributed by atoms with Crippen LogP contribution in [0.2, 0.25) is 5.02 Å². The zero-order valence-corrected chi connectivity index (χ0v) is 13.8. The maximum Gasteiger partial charge on any atom is 0.264 e. The van der Waals surface area contributed by atoms with E-state index >= 15 is 0 Å². The molecule has 0 spiro atoms. The van der Waals surface area contributed by atoms with Crippen LogP contribution in [-0.4, -0.2) is 53.1 Å². The largest absolute Gasteiger partial charge is 0.372 e. The molecule has 0 bridgehead atoms. The Morgan fingerprint density at radius 1 is 1.50 bits per heavy atom. The zero-order chi connectivity index (χ0) is 17.3. The standard InChI is InChI=1S/C16H19ClFN3O3/c17-11-5-10(6-12(18)7-11)8-20-14(22)16(24)2-4-21(15(16)23)13-1-3-19-9-13/h5-7,13,19,24H,1-4,8-9H2,(H,20,22)/t13-,16?/m1/s1. The lowest BCUT2D eigenvalue weighted by Gasteiger charge is -2.25. The minimum Gasteiger partial charge on any atom is -0.372 e. The first-order valence-electron chi connectivity index (χ1n) is 7.87. The first-order valence-corrected chi connectivity index (χ1v) is 8.25. The van der Waals surface area contributed by atoms with E-state index in [0.29, 0.717) is 18.7 Å². The highest BCUT2D eigenvalue weighted by Gasteiger charge is 2.52. The highest BCUT2D eigenvalue weighted by molar-refractivity contribution is 6.30. The first-order chi connectivity index (χ1) is 11.4. The molecule has 1 unspecified atom stereocenters.